The van der Waals surface area contributed by atoms with Gasteiger partial charge in [-0.25, -0.2) is 0 Å². The molecule has 0 saturated heterocycles. The van der Waals surface area contributed by atoms with Crippen LogP contribution in [0, 0.1) is 23.2 Å². The summed E-state index contributed by atoms with van der Waals surface area (Å²) in [5.41, 5.74) is 0.523. The van der Waals surface area contributed by atoms with Crippen LogP contribution in [0.4, 0.5) is 0 Å². The largest absolute Gasteiger partial charge is 0.269 e. The standard InChI is InChI=1S/C15H20ClN/c16-15-8-11-5-12(9-15)7-14(6-11,10-15)13-1-3-17-4-2-13/h1,3-4,11-13H,2,5-10H2. The smallest absolute Gasteiger partial charge is 0.0457 e. The quantitative estimate of drug-likeness (QED) is 0.619. The van der Waals surface area contributed by atoms with Crippen molar-refractivity contribution in [3.8, 4) is 0 Å². The molecule has 4 aliphatic carbocycles. The predicted octanol–water partition coefficient (Wildman–Crippen LogP) is 4.17. The van der Waals surface area contributed by atoms with Crippen molar-refractivity contribution in [3.05, 3.63) is 12.3 Å². The SMILES string of the molecule is ClC12CC3CC(C1)CC(C1C=CN=CC1)(C3)C2. The molecule has 0 radical (unpaired) electrons. The molecule has 0 aromatic rings. The second-order valence-corrected chi connectivity index (χ2v) is 7.79. The fraction of sp³-hybridized carbons (Fsp3) is 0.800. The van der Waals surface area contributed by atoms with Gasteiger partial charge in [-0.15, -0.1) is 11.6 Å². The lowest BCUT2D eigenvalue weighted by molar-refractivity contribution is -0.0635. The predicted molar refractivity (Wildman–Crippen MR) is 71.4 cm³/mol. The van der Waals surface area contributed by atoms with E-state index in [0.717, 1.165) is 18.3 Å². The monoisotopic (exact) mass is 249 g/mol. The van der Waals surface area contributed by atoms with Crippen LogP contribution in [-0.4, -0.2) is 11.1 Å². The van der Waals surface area contributed by atoms with Crippen molar-refractivity contribution in [2.24, 2.45) is 28.2 Å². The summed E-state index contributed by atoms with van der Waals surface area (Å²) in [5.74, 6) is 2.55. The zero-order valence-corrected chi connectivity index (χ0v) is 11.0. The fourth-order valence-electron chi connectivity index (χ4n) is 5.58. The van der Waals surface area contributed by atoms with Gasteiger partial charge in [-0.1, -0.05) is 6.08 Å². The van der Waals surface area contributed by atoms with E-state index in [4.69, 9.17) is 11.6 Å². The van der Waals surface area contributed by atoms with Crippen LogP contribution in [0.15, 0.2) is 17.3 Å². The average molecular weight is 250 g/mol. The molecule has 4 fully saturated rings. The molecule has 4 bridgehead atoms. The highest BCUT2D eigenvalue weighted by atomic mass is 35.5. The van der Waals surface area contributed by atoms with Crippen molar-refractivity contribution in [1.82, 2.24) is 0 Å². The number of halogens is 1. The maximum Gasteiger partial charge on any atom is 0.0457 e. The molecule has 5 rings (SSSR count). The van der Waals surface area contributed by atoms with Crippen molar-refractivity contribution >= 4 is 17.8 Å². The van der Waals surface area contributed by atoms with Gasteiger partial charge in [0.05, 0.1) is 0 Å². The molecule has 0 N–H and O–H groups in total. The van der Waals surface area contributed by atoms with Crippen LogP contribution in [-0.2, 0) is 0 Å². The molecule has 0 spiro atoms. The molecule has 2 heteroatoms. The highest BCUT2D eigenvalue weighted by Crippen LogP contribution is 2.66. The number of allylic oxidation sites excluding steroid dienone is 1. The van der Waals surface area contributed by atoms with E-state index in [1.165, 1.54) is 38.5 Å². The summed E-state index contributed by atoms with van der Waals surface area (Å²) in [6.45, 7) is 0. The Morgan fingerprint density at radius 3 is 2.47 bits per heavy atom. The van der Waals surface area contributed by atoms with Gasteiger partial charge in [0.2, 0.25) is 0 Å². The average Bonchev–Trinajstić information content (AvgIpc) is 2.27. The first-order valence-corrected chi connectivity index (χ1v) is 7.43. The number of aliphatic imine (C=N–C) groups is 1. The Bertz CT molecular complexity index is 384. The number of hydrogen-bond acceptors (Lipinski definition) is 1. The molecule has 3 unspecified atom stereocenters. The first kappa shape index (κ1) is 10.6. The molecule has 5 aliphatic rings. The van der Waals surface area contributed by atoms with Gasteiger partial charge in [0, 0.05) is 17.3 Å². The van der Waals surface area contributed by atoms with E-state index in [1.807, 2.05) is 6.20 Å². The lowest BCUT2D eigenvalue weighted by atomic mass is 9.46. The molecule has 17 heavy (non-hydrogen) atoms. The Labute approximate surface area is 108 Å². The van der Waals surface area contributed by atoms with Gasteiger partial charge in [0.1, 0.15) is 0 Å². The Morgan fingerprint density at radius 1 is 1.12 bits per heavy atom. The van der Waals surface area contributed by atoms with Crippen LogP contribution >= 0.6 is 11.6 Å². The molecule has 0 aromatic heterocycles. The van der Waals surface area contributed by atoms with Gasteiger partial charge in [-0.2, -0.15) is 0 Å². The number of rotatable bonds is 1. The summed E-state index contributed by atoms with van der Waals surface area (Å²) < 4.78 is 0. The minimum atomic E-state index is 0.159. The summed E-state index contributed by atoms with van der Waals surface area (Å²) >= 11 is 6.88. The first-order valence-electron chi connectivity index (χ1n) is 7.05. The van der Waals surface area contributed by atoms with Crippen LogP contribution in [0.3, 0.4) is 0 Å². The van der Waals surface area contributed by atoms with Crippen LogP contribution < -0.4 is 0 Å². The van der Waals surface area contributed by atoms with E-state index < -0.39 is 0 Å². The molecule has 92 valence electrons. The van der Waals surface area contributed by atoms with E-state index in [9.17, 15) is 0 Å². The second-order valence-electron chi connectivity index (χ2n) is 6.99. The summed E-state index contributed by atoms with van der Waals surface area (Å²) in [5, 5.41) is 0. The van der Waals surface area contributed by atoms with Gasteiger partial charge in [-0.05, 0) is 68.1 Å². The third-order valence-electron chi connectivity index (χ3n) is 5.69. The van der Waals surface area contributed by atoms with E-state index >= 15 is 0 Å². The molecule has 1 aliphatic heterocycles. The van der Waals surface area contributed by atoms with Crippen LogP contribution in [0.1, 0.15) is 44.9 Å². The number of hydrogen-bond donors (Lipinski definition) is 0. The van der Waals surface area contributed by atoms with Gasteiger partial charge in [0.25, 0.3) is 0 Å². The normalized spacial score (nSPS) is 55.5. The van der Waals surface area contributed by atoms with Gasteiger partial charge in [-0.3, -0.25) is 4.99 Å². The molecular formula is C15H20ClN. The molecular weight excluding hydrogens is 230 g/mol. The molecule has 1 heterocycles. The van der Waals surface area contributed by atoms with Crippen molar-refractivity contribution in [3.63, 3.8) is 0 Å². The Balaban J connectivity index is 1.69. The van der Waals surface area contributed by atoms with Gasteiger partial charge in [0.15, 0.2) is 0 Å². The minimum Gasteiger partial charge on any atom is -0.269 e. The minimum absolute atomic E-state index is 0.159. The Morgan fingerprint density at radius 2 is 1.88 bits per heavy atom. The molecule has 3 atom stereocenters. The topological polar surface area (TPSA) is 12.4 Å². The van der Waals surface area contributed by atoms with Crippen LogP contribution in [0.25, 0.3) is 0 Å². The van der Waals surface area contributed by atoms with Crippen molar-refractivity contribution in [2.75, 3.05) is 0 Å². The van der Waals surface area contributed by atoms with Crippen molar-refractivity contribution in [2.45, 2.75) is 49.8 Å². The van der Waals surface area contributed by atoms with E-state index in [0.29, 0.717) is 11.3 Å². The van der Waals surface area contributed by atoms with Gasteiger partial charge < -0.3 is 0 Å². The molecule has 1 nitrogen and oxygen atoms in total. The highest BCUT2D eigenvalue weighted by molar-refractivity contribution is 6.24. The van der Waals surface area contributed by atoms with Gasteiger partial charge >= 0.3 is 0 Å². The van der Waals surface area contributed by atoms with Crippen molar-refractivity contribution < 1.29 is 0 Å². The Kier molecular flexibility index (Phi) is 2.11. The summed E-state index contributed by atoms with van der Waals surface area (Å²) in [7, 11) is 0. The molecule has 0 amide bonds. The third kappa shape index (κ3) is 1.54. The molecule has 0 aromatic carbocycles. The molecule has 4 saturated carbocycles. The fourth-order valence-corrected chi connectivity index (χ4v) is 6.28. The summed E-state index contributed by atoms with van der Waals surface area (Å²) in [6, 6.07) is 0. The third-order valence-corrected chi connectivity index (χ3v) is 6.13. The number of alkyl halides is 1. The highest BCUT2D eigenvalue weighted by Gasteiger charge is 2.58. The number of nitrogens with zero attached hydrogens (tertiary/aromatic N) is 1. The zero-order chi connectivity index (χ0) is 11.5. The van der Waals surface area contributed by atoms with E-state index in [-0.39, 0.29) is 4.87 Å². The van der Waals surface area contributed by atoms with E-state index in [1.54, 1.807) is 0 Å². The van der Waals surface area contributed by atoms with E-state index in [2.05, 4.69) is 17.3 Å². The van der Waals surface area contributed by atoms with Crippen LogP contribution in [0.2, 0.25) is 0 Å². The lowest BCUT2D eigenvalue weighted by Crippen LogP contribution is -2.55. The lowest BCUT2D eigenvalue weighted by Gasteiger charge is -2.62. The van der Waals surface area contributed by atoms with Crippen molar-refractivity contribution in [1.29, 1.82) is 0 Å². The summed E-state index contributed by atoms with van der Waals surface area (Å²) in [4.78, 5) is 4.39. The first-order chi connectivity index (χ1) is 8.18. The Hall–Kier alpha value is -0.300. The zero-order valence-electron chi connectivity index (χ0n) is 10.2. The maximum atomic E-state index is 6.88. The second kappa shape index (κ2) is 3.38. The maximum absolute atomic E-state index is 6.88. The van der Waals surface area contributed by atoms with Crippen LogP contribution in [0.5, 0.6) is 0 Å². The summed E-state index contributed by atoms with van der Waals surface area (Å²) in [6.07, 6.45) is 15.8.